The predicted octanol–water partition coefficient (Wildman–Crippen LogP) is 3.63. The first-order valence-corrected chi connectivity index (χ1v) is 10.7. The van der Waals surface area contributed by atoms with Crippen LogP contribution in [0.4, 0.5) is 0 Å². The van der Waals surface area contributed by atoms with E-state index in [1.165, 1.54) is 0 Å². The van der Waals surface area contributed by atoms with E-state index in [2.05, 4.69) is 0 Å². The number of hydroxylamine groups is 1. The van der Waals surface area contributed by atoms with Crippen molar-refractivity contribution in [3.63, 3.8) is 0 Å². The van der Waals surface area contributed by atoms with Gasteiger partial charge in [0.05, 0.1) is 12.1 Å². The molecule has 6 nitrogen and oxygen atoms in total. The quantitative estimate of drug-likeness (QED) is 0.394. The number of hydrogen-bond donors (Lipinski definition) is 3. The fraction of sp³-hybridized carbons (Fsp3) is 0.231. The van der Waals surface area contributed by atoms with Crippen molar-refractivity contribution in [2.75, 3.05) is 0 Å². The number of nitrogens with one attached hydrogen (secondary N) is 1. The molecule has 32 heavy (non-hydrogen) atoms. The largest absolute Gasteiger partial charge is 0.390 e. The lowest BCUT2D eigenvalue weighted by Gasteiger charge is -2.32. The van der Waals surface area contributed by atoms with Crippen molar-refractivity contribution in [3.05, 3.63) is 95.6 Å². The van der Waals surface area contributed by atoms with E-state index in [0.717, 1.165) is 27.8 Å². The maximum atomic E-state index is 13.2. The monoisotopic (exact) mass is 430 g/mol. The van der Waals surface area contributed by atoms with Crippen molar-refractivity contribution in [2.45, 2.75) is 38.0 Å². The van der Waals surface area contributed by atoms with Gasteiger partial charge in [0, 0.05) is 25.8 Å². The maximum absolute atomic E-state index is 13.2. The number of nitrogens with zero attached hydrogens (tertiary/aromatic N) is 1. The third-order valence-electron chi connectivity index (χ3n) is 5.93. The van der Waals surface area contributed by atoms with Crippen molar-refractivity contribution >= 4 is 11.8 Å². The van der Waals surface area contributed by atoms with Crippen molar-refractivity contribution in [1.82, 2.24) is 10.4 Å². The molecular weight excluding hydrogens is 404 g/mol. The number of benzene rings is 3. The highest BCUT2D eigenvalue weighted by molar-refractivity contribution is 5.83. The van der Waals surface area contributed by atoms with Gasteiger partial charge in [-0.15, -0.1) is 0 Å². The average Bonchev–Trinajstić information content (AvgIpc) is 3.17. The number of carbonyl (C=O) groups excluding carboxylic acids is 2. The van der Waals surface area contributed by atoms with Crippen LogP contribution in [0.1, 0.15) is 35.6 Å². The van der Waals surface area contributed by atoms with Crippen LogP contribution < -0.4 is 5.48 Å². The summed E-state index contributed by atoms with van der Waals surface area (Å²) in [6.45, 7) is 0.310. The second kappa shape index (κ2) is 9.77. The minimum Gasteiger partial charge on any atom is -0.390 e. The summed E-state index contributed by atoms with van der Waals surface area (Å²) < 4.78 is 0. The van der Waals surface area contributed by atoms with Gasteiger partial charge in [-0.3, -0.25) is 14.8 Å². The lowest BCUT2D eigenvalue weighted by atomic mass is 10.0. The molecule has 3 N–H and O–H groups in total. The number of amides is 2. The Labute approximate surface area is 187 Å². The van der Waals surface area contributed by atoms with Crippen LogP contribution in [0.3, 0.4) is 0 Å². The Kier molecular flexibility index (Phi) is 6.63. The molecular formula is C26H26N2O4. The first-order chi connectivity index (χ1) is 15.6. The molecule has 1 aliphatic rings. The minimum absolute atomic E-state index is 0.0557. The van der Waals surface area contributed by atoms with Crippen LogP contribution >= 0.6 is 0 Å². The molecule has 0 aromatic heterocycles. The van der Waals surface area contributed by atoms with Crippen LogP contribution in [0.2, 0.25) is 0 Å². The molecule has 3 aromatic carbocycles. The number of aliphatic hydroxyl groups is 1. The minimum atomic E-state index is -0.716. The molecule has 2 amide bonds. The maximum Gasteiger partial charge on any atom is 0.243 e. The standard InChI is InChI=1S/C26H26N2O4/c29-23-16-21-8-4-5-9-22(21)26(23)28(25(31)15-14-24(30)27-32)17-18-10-12-20(13-11-18)19-6-2-1-3-7-19/h1-13,23,26,29,32H,14-17H2,(H,27,30)/t23-,26+/m1/s1. The van der Waals surface area contributed by atoms with Gasteiger partial charge in [-0.2, -0.15) is 0 Å². The van der Waals surface area contributed by atoms with Gasteiger partial charge in [-0.05, 0) is 27.8 Å². The van der Waals surface area contributed by atoms with Gasteiger partial charge in [0.15, 0.2) is 0 Å². The molecule has 6 heteroatoms. The molecule has 4 rings (SSSR count). The van der Waals surface area contributed by atoms with Crippen LogP contribution in [0, 0.1) is 0 Å². The molecule has 0 radical (unpaired) electrons. The number of hydrogen-bond acceptors (Lipinski definition) is 4. The van der Waals surface area contributed by atoms with Crippen LogP contribution in [0.25, 0.3) is 11.1 Å². The zero-order valence-corrected chi connectivity index (χ0v) is 17.6. The Bertz CT molecular complexity index is 1080. The van der Waals surface area contributed by atoms with E-state index in [1.807, 2.05) is 78.9 Å². The van der Waals surface area contributed by atoms with Gasteiger partial charge in [0.2, 0.25) is 11.8 Å². The molecule has 0 spiro atoms. The molecule has 164 valence electrons. The topological polar surface area (TPSA) is 89.9 Å². The third kappa shape index (κ3) is 4.72. The van der Waals surface area contributed by atoms with Crippen molar-refractivity contribution in [2.24, 2.45) is 0 Å². The summed E-state index contributed by atoms with van der Waals surface area (Å²) in [5.41, 5.74) is 6.65. The summed E-state index contributed by atoms with van der Waals surface area (Å²) in [5.74, 6) is -0.862. The summed E-state index contributed by atoms with van der Waals surface area (Å²) in [4.78, 5) is 26.3. The van der Waals surface area contributed by atoms with Crippen LogP contribution in [0.5, 0.6) is 0 Å². The Morgan fingerprint density at radius 2 is 1.53 bits per heavy atom. The van der Waals surface area contributed by atoms with E-state index >= 15 is 0 Å². The Hall–Kier alpha value is -3.48. The van der Waals surface area contributed by atoms with Gasteiger partial charge in [0.25, 0.3) is 0 Å². The van der Waals surface area contributed by atoms with Crippen LogP contribution in [-0.4, -0.2) is 33.1 Å². The lowest BCUT2D eigenvalue weighted by molar-refractivity contribution is -0.140. The highest BCUT2D eigenvalue weighted by Gasteiger charge is 2.37. The first-order valence-electron chi connectivity index (χ1n) is 10.7. The summed E-state index contributed by atoms with van der Waals surface area (Å²) in [6.07, 6.45) is -0.413. The second-order valence-electron chi connectivity index (χ2n) is 8.03. The smallest absolute Gasteiger partial charge is 0.243 e. The molecule has 0 aliphatic heterocycles. The van der Waals surface area contributed by atoms with Gasteiger partial charge in [0.1, 0.15) is 0 Å². The fourth-order valence-electron chi connectivity index (χ4n) is 4.32. The van der Waals surface area contributed by atoms with E-state index in [-0.39, 0.29) is 18.7 Å². The molecule has 0 fully saturated rings. The average molecular weight is 431 g/mol. The predicted molar refractivity (Wildman–Crippen MR) is 120 cm³/mol. The normalized spacial score (nSPS) is 16.9. The van der Waals surface area contributed by atoms with Crippen LogP contribution in [0.15, 0.2) is 78.9 Å². The fourth-order valence-corrected chi connectivity index (χ4v) is 4.32. The Morgan fingerprint density at radius 3 is 2.25 bits per heavy atom. The summed E-state index contributed by atoms with van der Waals surface area (Å²) in [5, 5.41) is 19.6. The Balaban J connectivity index is 1.59. The van der Waals surface area contributed by atoms with E-state index < -0.39 is 18.1 Å². The Morgan fingerprint density at radius 1 is 0.875 bits per heavy atom. The summed E-state index contributed by atoms with van der Waals surface area (Å²) >= 11 is 0. The van der Waals surface area contributed by atoms with Gasteiger partial charge < -0.3 is 10.0 Å². The van der Waals surface area contributed by atoms with E-state index in [9.17, 15) is 14.7 Å². The first kappa shape index (κ1) is 21.7. The van der Waals surface area contributed by atoms with Gasteiger partial charge in [-0.25, -0.2) is 5.48 Å². The van der Waals surface area contributed by atoms with Gasteiger partial charge >= 0.3 is 0 Å². The van der Waals surface area contributed by atoms with E-state index in [4.69, 9.17) is 5.21 Å². The highest BCUT2D eigenvalue weighted by atomic mass is 16.5. The zero-order chi connectivity index (χ0) is 22.5. The molecule has 0 bridgehead atoms. The summed E-state index contributed by atoms with van der Waals surface area (Å²) in [6, 6.07) is 25.3. The summed E-state index contributed by atoms with van der Waals surface area (Å²) in [7, 11) is 0. The van der Waals surface area contributed by atoms with E-state index in [1.54, 1.807) is 10.4 Å². The highest BCUT2D eigenvalue weighted by Crippen LogP contribution is 2.37. The SMILES string of the molecule is O=C(CCC(=O)N(Cc1ccc(-c2ccccc2)cc1)[C@H]1c2ccccc2C[C@H]1O)NO. The zero-order valence-electron chi connectivity index (χ0n) is 17.6. The number of aliphatic hydroxyl groups excluding tert-OH is 1. The van der Waals surface area contributed by atoms with Crippen molar-refractivity contribution in [1.29, 1.82) is 0 Å². The van der Waals surface area contributed by atoms with E-state index in [0.29, 0.717) is 13.0 Å². The van der Waals surface area contributed by atoms with Crippen molar-refractivity contribution in [3.8, 4) is 11.1 Å². The van der Waals surface area contributed by atoms with Crippen molar-refractivity contribution < 1.29 is 19.9 Å². The second-order valence-corrected chi connectivity index (χ2v) is 8.03. The van der Waals surface area contributed by atoms with Gasteiger partial charge in [-0.1, -0.05) is 78.9 Å². The molecule has 0 saturated carbocycles. The molecule has 3 aromatic rings. The molecule has 2 atom stereocenters. The number of carbonyl (C=O) groups is 2. The third-order valence-corrected chi connectivity index (χ3v) is 5.93. The molecule has 0 unspecified atom stereocenters. The molecule has 1 aliphatic carbocycles. The molecule has 0 saturated heterocycles. The number of rotatable bonds is 7. The van der Waals surface area contributed by atoms with Crippen LogP contribution in [-0.2, 0) is 22.6 Å². The lowest BCUT2D eigenvalue weighted by Crippen LogP contribution is -2.39. The number of fused-ring (bicyclic) bond motifs is 1. The molecule has 0 heterocycles.